The van der Waals surface area contributed by atoms with Gasteiger partial charge in [-0.1, -0.05) is 11.2 Å². The molecule has 0 radical (unpaired) electrons. The highest BCUT2D eigenvalue weighted by Crippen LogP contribution is 2.31. The molecule has 8 nitrogen and oxygen atoms in total. The molecule has 0 unspecified atom stereocenters. The molecule has 3 aromatic rings. The first kappa shape index (κ1) is 20.7. The highest BCUT2D eigenvalue weighted by atomic mass is 16.5. The van der Waals surface area contributed by atoms with Gasteiger partial charge in [-0.2, -0.15) is 4.98 Å². The molecule has 4 rings (SSSR count). The summed E-state index contributed by atoms with van der Waals surface area (Å²) in [6, 6.07) is 12.7. The zero-order valence-corrected chi connectivity index (χ0v) is 17.8. The molecule has 0 bridgehead atoms. The van der Waals surface area contributed by atoms with E-state index in [-0.39, 0.29) is 11.8 Å². The van der Waals surface area contributed by atoms with Crippen molar-refractivity contribution in [1.29, 1.82) is 0 Å². The van der Waals surface area contributed by atoms with Gasteiger partial charge >= 0.3 is 0 Å². The van der Waals surface area contributed by atoms with E-state index in [1.54, 1.807) is 39.5 Å². The Balaban J connectivity index is 1.42. The van der Waals surface area contributed by atoms with Crippen LogP contribution in [0.25, 0.3) is 11.5 Å². The van der Waals surface area contributed by atoms with Crippen LogP contribution in [0, 0.1) is 0 Å². The molecule has 0 atom stereocenters. The van der Waals surface area contributed by atoms with E-state index in [9.17, 15) is 4.79 Å². The lowest BCUT2D eigenvalue weighted by Gasteiger charge is -2.31. The van der Waals surface area contributed by atoms with Gasteiger partial charge in [0.15, 0.2) is 5.82 Å². The summed E-state index contributed by atoms with van der Waals surface area (Å²) in [6.07, 6.45) is 1.53. The number of amides is 1. The second kappa shape index (κ2) is 9.07. The van der Waals surface area contributed by atoms with Gasteiger partial charge in [0.25, 0.3) is 11.8 Å². The molecule has 1 saturated heterocycles. The zero-order chi connectivity index (χ0) is 21.8. The summed E-state index contributed by atoms with van der Waals surface area (Å²) in [5, 5.41) is 4.18. The predicted molar refractivity (Wildman–Crippen MR) is 114 cm³/mol. The number of carbonyl (C=O) groups excluding carboxylic acids is 1. The SMILES string of the molecule is COc1cccc(-c2nc(C3CCN(C(=O)c4ccc(OC)cc4OC)CC3)no2)c1. The Hall–Kier alpha value is -3.55. The molecular formula is C23H25N3O5. The van der Waals surface area contributed by atoms with Crippen LogP contribution < -0.4 is 14.2 Å². The van der Waals surface area contributed by atoms with Crippen LogP contribution in [0.3, 0.4) is 0 Å². The van der Waals surface area contributed by atoms with E-state index in [0.717, 1.165) is 24.2 Å². The van der Waals surface area contributed by atoms with E-state index < -0.39 is 0 Å². The van der Waals surface area contributed by atoms with Crippen LogP contribution in [0.15, 0.2) is 47.0 Å². The van der Waals surface area contributed by atoms with Crippen molar-refractivity contribution >= 4 is 5.91 Å². The Labute approximate surface area is 180 Å². The maximum atomic E-state index is 13.0. The van der Waals surface area contributed by atoms with Gasteiger partial charge in [-0.3, -0.25) is 4.79 Å². The van der Waals surface area contributed by atoms with E-state index in [1.165, 1.54) is 0 Å². The number of benzene rings is 2. The Morgan fingerprint density at radius 3 is 2.45 bits per heavy atom. The minimum atomic E-state index is -0.0527. The number of hydrogen-bond acceptors (Lipinski definition) is 7. The van der Waals surface area contributed by atoms with Gasteiger partial charge in [-0.05, 0) is 43.2 Å². The van der Waals surface area contributed by atoms with E-state index in [0.29, 0.717) is 41.9 Å². The van der Waals surface area contributed by atoms with Crippen molar-refractivity contribution in [2.75, 3.05) is 34.4 Å². The second-order valence-corrected chi connectivity index (χ2v) is 7.32. The van der Waals surface area contributed by atoms with Crippen LogP contribution in [0.4, 0.5) is 0 Å². The molecule has 8 heteroatoms. The third-order valence-electron chi connectivity index (χ3n) is 5.54. The van der Waals surface area contributed by atoms with E-state index in [1.807, 2.05) is 29.2 Å². The van der Waals surface area contributed by atoms with Crippen molar-refractivity contribution in [1.82, 2.24) is 15.0 Å². The maximum absolute atomic E-state index is 13.0. The number of likely N-dealkylation sites (tertiary alicyclic amines) is 1. The highest BCUT2D eigenvalue weighted by Gasteiger charge is 2.29. The second-order valence-electron chi connectivity index (χ2n) is 7.32. The van der Waals surface area contributed by atoms with Crippen molar-refractivity contribution in [2.24, 2.45) is 0 Å². The van der Waals surface area contributed by atoms with Crippen molar-refractivity contribution in [3.63, 3.8) is 0 Å². The molecule has 0 aliphatic carbocycles. The third kappa shape index (κ3) is 4.33. The summed E-state index contributed by atoms with van der Waals surface area (Å²) in [5.74, 6) is 3.12. The van der Waals surface area contributed by atoms with Gasteiger partial charge in [-0.25, -0.2) is 0 Å². The molecule has 2 heterocycles. The zero-order valence-electron chi connectivity index (χ0n) is 17.8. The first-order valence-corrected chi connectivity index (χ1v) is 10.1. The summed E-state index contributed by atoms with van der Waals surface area (Å²) in [6.45, 7) is 1.23. The summed E-state index contributed by atoms with van der Waals surface area (Å²) in [7, 11) is 4.75. The third-order valence-corrected chi connectivity index (χ3v) is 5.54. The quantitative estimate of drug-likeness (QED) is 0.596. The number of rotatable bonds is 6. The van der Waals surface area contributed by atoms with Crippen LogP contribution in [-0.4, -0.2) is 55.4 Å². The molecule has 0 N–H and O–H groups in total. The molecule has 1 aliphatic rings. The molecular weight excluding hydrogens is 398 g/mol. The summed E-state index contributed by atoms with van der Waals surface area (Å²) >= 11 is 0. The number of methoxy groups -OCH3 is 3. The minimum absolute atomic E-state index is 0.0527. The van der Waals surface area contributed by atoms with Crippen LogP contribution in [-0.2, 0) is 0 Å². The van der Waals surface area contributed by atoms with Crippen LogP contribution in [0.1, 0.15) is 34.9 Å². The number of carbonyl (C=O) groups is 1. The molecule has 1 aromatic heterocycles. The molecule has 0 saturated carbocycles. The molecule has 2 aromatic carbocycles. The Bertz CT molecular complexity index is 1060. The number of hydrogen-bond donors (Lipinski definition) is 0. The van der Waals surface area contributed by atoms with Crippen molar-refractivity contribution < 1.29 is 23.5 Å². The molecule has 1 fully saturated rings. The first-order chi connectivity index (χ1) is 15.1. The maximum Gasteiger partial charge on any atom is 0.258 e. The summed E-state index contributed by atoms with van der Waals surface area (Å²) in [4.78, 5) is 19.4. The Morgan fingerprint density at radius 1 is 1.00 bits per heavy atom. The monoisotopic (exact) mass is 423 g/mol. The topological polar surface area (TPSA) is 86.9 Å². The highest BCUT2D eigenvalue weighted by molar-refractivity contribution is 5.97. The molecule has 162 valence electrons. The van der Waals surface area contributed by atoms with E-state index >= 15 is 0 Å². The lowest BCUT2D eigenvalue weighted by Crippen LogP contribution is -2.38. The van der Waals surface area contributed by atoms with Crippen molar-refractivity contribution in [3.8, 4) is 28.7 Å². The fourth-order valence-electron chi connectivity index (χ4n) is 3.76. The number of nitrogens with zero attached hydrogens (tertiary/aromatic N) is 3. The van der Waals surface area contributed by atoms with Gasteiger partial charge in [-0.15, -0.1) is 0 Å². The predicted octanol–water partition coefficient (Wildman–Crippen LogP) is 3.78. The molecule has 1 amide bonds. The van der Waals surface area contributed by atoms with Gasteiger partial charge in [0.1, 0.15) is 17.2 Å². The average molecular weight is 423 g/mol. The largest absolute Gasteiger partial charge is 0.497 e. The van der Waals surface area contributed by atoms with E-state index in [2.05, 4.69) is 10.1 Å². The van der Waals surface area contributed by atoms with Gasteiger partial charge in [0.05, 0.1) is 26.9 Å². The molecule has 0 spiro atoms. The standard InChI is InChI=1S/C23H25N3O5/c1-28-17-6-4-5-16(13-17)22-24-21(25-31-22)15-9-11-26(12-10-15)23(27)19-8-7-18(29-2)14-20(19)30-3/h4-8,13-15H,9-12H2,1-3H3. The number of piperidine rings is 1. The van der Waals surface area contributed by atoms with E-state index in [4.69, 9.17) is 18.7 Å². The van der Waals surface area contributed by atoms with Crippen LogP contribution in [0.5, 0.6) is 17.2 Å². The van der Waals surface area contributed by atoms with Crippen LogP contribution >= 0.6 is 0 Å². The molecule has 1 aliphatic heterocycles. The van der Waals surface area contributed by atoms with Crippen molar-refractivity contribution in [2.45, 2.75) is 18.8 Å². The summed E-state index contributed by atoms with van der Waals surface area (Å²) < 4.78 is 21.3. The first-order valence-electron chi connectivity index (χ1n) is 10.1. The Morgan fingerprint density at radius 2 is 1.74 bits per heavy atom. The average Bonchev–Trinajstić information content (AvgIpc) is 3.33. The summed E-state index contributed by atoms with van der Waals surface area (Å²) in [5.41, 5.74) is 1.35. The smallest absolute Gasteiger partial charge is 0.258 e. The normalized spacial score (nSPS) is 14.4. The molecule has 31 heavy (non-hydrogen) atoms. The van der Waals surface area contributed by atoms with Crippen molar-refractivity contribution in [3.05, 3.63) is 53.9 Å². The lowest BCUT2D eigenvalue weighted by atomic mass is 9.95. The van der Waals surface area contributed by atoms with Gasteiger partial charge < -0.3 is 23.6 Å². The number of aromatic nitrogens is 2. The van der Waals surface area contributed by atoms with Crippen LogP contribution in [0.2, 0.25) is 0 Å². The lowest BCUT2D eigenvalue weighted by molar-refractivity contribution is 0.0707. The van der Waals surface area contributed by atoms with Gasteiger partial charge in [0.2, 0.25) is 0 Å². The Kier molecular flexibility index (Phi) is 6.06. The van der Waals surface area contributed by atoms with Gasteiger partial charge in [0, 0.05) is 30.6 Å². The fourth-order valence-corrected chi connectivity index (χ4v) is 3.76. The fraction of sp³-hybridized carbons (Fsp3) is 0.348. The minimum Gasteiger partial charge on any atom is -0.497 e. The number of ether oxygens (including phenoxy) is 3.